The van der Waals surface area contributed by atoms with Crippen LogP contribution in [0.25, 0.3) is 11.0 Å². The Labute approximate surface area is 166 Å². The van der Waals surface area contributed by atoms with Gasteiger partial charge in [0.25, 0.3) is 0 Å². The van der Waals surface area contributed by atoms with Crippen LogP contribution >= 0.6 is 0 Å². The average Bonchev–Trinajstić information content (AvgIpc) is 3.05. The van der Waals surface area contributed by atoms with Gasteiger partial charge < -0.3 is 9.30 Å². The molecule has 3 aromatic carbocycles. The van der Waals surface area contributed by atoms with Gasteiger partial charge in [-0.05, 0) is 47.7 Å². The van der Waals surface area contributed by atoms with Gasteiger partial charge in [0.2, 0.25) is 0 Å². The third kappa shape index (κ3) is 3.79. The molecular formula is C25H26N2O. The molecule has 3 nitrogen and oxygen atoms in total. The number of aryl methyl sites for hydroxylation is 1. The van der Waals surface area contributed by atoms with Crippen molar-refractivity contribution in [3.05, 3.63) is 95.3 Å². The number of hydrogen-bond acceptors (Lipinski definition) is 2. The van der Waals surface area contributed by atoms with Crippen molar-refractivity contribution < 1.29 is 4.74 Å². The third-order valence-corrected chi connectivity index (χ3v) is 5.17. The van der Waals surface area contributed by atoms with Crippen molar-refractivity contribution in [3.63, 3.8) is 0 Å². The van der Waals surface area contributed by atoms with E-state index in [4.69, 9.17) is 9.72 Å². The molecule has 4 aromatic rings. The summed E-state index contributed by atoms with van der Waals surface area (Å²) >= 11 is 0. The van der Waals surface area contributed by atoms with Crippen LogP contribution in [-0.2, 0) is 13.2 Å². The van der Waals surface area contributed by atoms with Crippen molar-refractivity contribution in [1.82, 2.24) is 9.55 Å². The molecule has 28 heavy (non-hydrogen) atoms. The summed E-state index contributed by atoms with van der Waals surface area (Å²) in [6, 6.07) is 25.3. The molecule has 0 amide bonds. The van der Waals surface area contributed by atoms with Gasteiger partial charge in [0, 0.05) is 6.54 Å². The number of aromatic nitrogens is 2. The number of rotatable bonds is 6. The Balaban J connectivity index is 1.64. The standard InChI is InChI=1S/C25H26N2O/c1-18(2)21-14-12-20(13-15-21)16-27-23-10-6-5-9-22(23)26-25(27)17-28-24-11-7-4-8-19(24)3/h4-15,18H,16-17H2,1-3H3. The monoisotopic (exact) mass is 370 g/mol. The van der Waals surface area contributed by atoms with Crippen LogP contribution in [0.5, 0.6) is 5.75 Å². The molecule has 0 fully saturated rings. The molecule has 0 bridgehead atoms. The second-order valence-corrected chi connectivity index (χ2v) is 7.55. The molecule has 1 aromatic heterocycles. The van der Waals surface area contributed by atoms with E-state index in [-0.39, 0.29) is 0 Å². The van der Waals surface area contributed by atoms with Crippen molar-refractivity contribution in [2.45, 2.75) is 39.8 Å². The molecule has 0 radical (unpaired) electrons. The Bertz CT molecular complexity index is 1080. The van der Waals surface area contributed by atoms with E-state index in [2.05, 4.69) is 73.9 Å². The molecule has 0 saturated carbocycles. The Morgan fingerprint density at radius 2 is 1.61 bits per heavy atom. The minimum absolute atomic E-state index is 0.448. The molecular weight excluding hydrogens is 344 g/mol. The Hall–Kier alpha value is -3.07. The van der Waals surface area contributed by atoms with Crippen LogP contribution in [0.15, 0.2) is 72.8 Å². The summed E-state index contributed by atoms with van der Waals surface area (Å²) in [4.78, 5) is 4.84. The van der Waals surface area contributed by atoms with E-state index < -0.39 is 0 Å². The molecule has 4 rings (SSSR count). The number of hydrogen-bond donors (Lipinski definition) is 0. The lowest BCUT2D eigenvalue weighted by Gasteiger charge is -2.13. The normalized spacial score (nSPS) is 11.3. The maximum absolute atomic E-state index is 6.10. The quantitative estimate of drug-likeness (QED) is 0.410. The molecule has 142 valence electrons. The second-order valence-electron chi connectivity index (χ2n) is 7.55. The SMILES string of the molecule is Cc1ccccc1OCc1nc2ccccc2n1Cc1ccc(C(C)C)cc1. The predicted molar refractivity (Wildman–Crippen MR) is 115 cm³/mol. The molecule has 0 aliphatic heterocycles. The lowest BCUT2D eigenvalue weighted by Crippen LogP contribution is -2.09. The summed E-state index contributed by atoms with van der Waals surface area (Å²) < 4.78 is 8.36. The number of para-hydroxylation sites is 3. The summed E-state index contributed by atoms with van der Waals surface area (Å²) in [7, 11) is 0. The molecule has 0 saturated heterocycles. The van der Waals surface area contributed by atoms with Crippen molar-refractivity contribution in [1.29, 1.82) is 0 Å². The number of ether oxygens (including phenoxy) is 1. The smallest absolute Gasteiger partial charge is 0.148 e. The predicted octanol–water partition coefficient (Wildman–Crippen LogP) is 6.10. The van der Waals surface area contributed by atoms with Gasteiger partial charge in [-0.15, -0.1) is 0 Å². The topological polar surface area (TPSA) is 27.1 Å². The molecule has 0 spiro atoms. The summed E-state index contributed by atoms with van der Waals surface area (Å²) in [5.41, 5.74) is 5.91. The maximum Gasteiger partial charge on any atom is 0.148 e. The molecule has 0 unspecified atom stereocenters. The van der Waals surface area contributed by atoms with E-state index in [0.717, 1.165) is 34.7 Å². The van der Waals surface area contributed by atoms with E-state index in [1.807, 2.05) is 24.3 Å². The second kappa shape index (κ2) is 7.89. The number of nitrogens with zero attached hydrogens (tertiary/aromatic N) is 2. The maximum atomic E-state index is 6.10. The highest BCUT2D eigenvalue weighted by molar-refractivity contribution is 5.76. The minimum atomic E-state index is 0.448. The van der Waals surface area contributed by atoms with Crippen molar-refractivity contribution >= 4 is 11.0 Å². The van der Waals surface area contributed by atoms with Gasteiger partial charge in [-0.25, -0.2) is 4.98 Å². The fourth-order valence-corrected chi connectivity index (χ4v) is 3.46. The van der Waals surface area contributed by atoms with Gasteiger partial charge in [0.15, 0.2) is 0 Å². The Kier molecular flexibility index (Phi) is 5.16. The summed E-state index contributed by atoms with van der Waals surface area (Å²) in [5.74, 6) is 2.39. The zero-order valence-corrected chi connectivity index (χ0v) is 16.7. The van der Waals surface area contributed by atoms with Crippen molar-refractivity contribution in [3.8, 4) is 5.75 Å². The first-order valence-electron chi connectivity index (χ1n) is 9.83. The number of imidazole rings is 1. The highest BCUT2D eigenvalue weighted by Gasteiger charge is 2.12. The van der Waals surface area contributed by atoms with Gasteiger partial charge in [-0.3, -0.25) is 0 Å². The van der Waals surface area contributed by atoms with Crippen LogP contribution in [0.2, 0.25) is 0 Å². The van der Waals surface area contributed by atoms with Crippen LogP contribution in [0.4, 0.5) is 0 Å². The van der Waals surface area contributed by atoms with Crippen molar-refractivity contribution in [2.24, 2.45) is 0 Å². The first-order chi connectivity index (χ1) is 13.6. The summed E-state index contributed by atoms with van der Waals surface area (Å²) in [6.45, 7) is 7.74. The van der Waals surface area contributed by atoms with E-state index in [9.17, 15) is 0 Å². The van der Waals surface area contributed by atoms with Crippen LogP contribution < -0.4 is 4.74 Å². The molecule has 3 heteroatoms. The average molecular weight is 370 g/mol. The molecule has 0 atom stereocenters. The molecule has 1 heterocycles. The van der Waals surface area contributed by atoms with Gasteiger partial charge in [-0.1, -0.05) is 68.4 Å². The molecule has 0 N–H and O–H groups in total. The molecule has 0 aliphatic carbocycles. The van der Waals surface area contributed by atoms with Gasteiger partial charge in [0.05, 0.1) is 11.0 Å². The largest absolute Gasteiger partial charge is 0.485 e. The first kappa shape index (κ1) is 18.3. The Morgan fingerprint density at radius 3 is 2.36 bits per heavy atom. The van der Waals surface area contributed by atoms with E-state index >= 15 is 0 Å². The molecule has 0 aliphatic rings. The van der Waals surface area contributed by atoms with Crippen molar-refractivity contribution in [2.75, 3.05) is 0 Å². The van der Waals surface area contributed by atoms with Crippen LogP contribution in [0, 0.1) is 6.92 Å². The first-order valence-corrected chi connectivity index (χ1v) is 9.83. The summed E-state index contributed by atoms with van der Waals surface area (Å²) in [6.07, 6.45) is 0. The van der Waals surface area contributed by atoms with Crippen LogP contribution in [-0.4, -0.2) is 9.55 Å². The fraction of sp³-hybridized carbons (Fsp3) is 0.240. The zero-order chi connectivity index (χ0) is 19.5. The minimum Gasteiger partial charge on any atom is -0.485 e. The zero-order valence-electron chi connectivity index (χ0n) is 16.7. The van der Waals surface area contributed by atoms with E-state index in [1.54, 1.807) is 0 Å². The number of fused-ring (bicyclic) bond motifs is 1. The van der Waals surface area contributed by atoms with Gasteiger partial charge >= 0.3 is 0 Å². The lowest BCUT2D eigenvalue weighted by molar-refractivity contribution is 0.289. The van der Waals surface area contributed by atoms with Gasteiger partial charge in [0.1, 0.15) is 18.2 Å². The van der Waals surface area contributed by atoms with Crippen LogP contribution in [0.3, 0.4) is 0 Å². The van der Waals surface area contributed by atoms with E-state index in [0.29, 0.717) is 12.5 Å². The fourth-order valence-electron chi connectivity index (χ4n) is 3.46. The third-order valence-electron chi connectivity index (χ3n) is 5.17. The van der Waals surface area contributed by atoms with E-state index in [1.165, 1.54) is 11.1 Å². The van der Waals surface area contributed by atoms with Crippen LogP contribution in [0.1, 0.15) is 42.3 Å². The van der Waals surface area contributed by atoms with Gasteiger partial charge in [-0.2, -0.15) is 0 Å². The summed E-state index contributed by atoms with van der Waals surface area (Å²) in [5, 5.41) is 0. The Morgan fingerprint density at radius 1 is 0.893 bits per heavy atom. The highest BCUT2D eigenvalue weighted by Crippen LogP contribution is 2.22. The highest BCUT2D eigenvalue weighted by atomic mass is 16.5. The number of benzene rings is 3. The lowest BCUT2D eigenvalue weighted by atomic mass is 10.0.